The number of amides is 1. The third-order valence-corrected chi connectivity index (χ3v) is 3.50. The van der Waals surface area contributed by atoms with E-state index >= 15 is 0 Å². The Labute approximate surface area is 139 Å². The molecule has 0 unspecified atom stereocenters. The molecule has 6 nitrogen and oxygen atoms in total. The maximum Gasteiger partial charge on any atom is 0.341 e. The van der Waals surface area contributed by atoms with Gasteiger partial charge in [-0.15, -0.1) is 0 Å². The monoisotopic (exact) mass is 323 g/mol. The fourth-order valence-corrected chi connectivity index (χ4v) is 2.06. The van der Waals surface area contributed by atoms with Gasteiger partial charge in [0.2, 0.25) is 0 Å². The lowest BCUT2D eigenvalue weighted by atomic mass is 10.1. The topological polar surface area (TPSA) is 105 Å². The largest absolute Gasteiger partial charge is 0.449 e. The van der Waals surface area contributed by atoms with Crippen LogP contribution in [0.2, 0.25) is 0 Å². The molecule has 0 saturated heterocycles. The number of aryl methyl sites for hydroxylation is 1. The SMILES string of the molecule is Cc1cccc(C(=O)O[C@@H](C)C(=O)Nc2ccccc2C#N)c1N. The lowest BCUT2D eigenvalue weighted by molar-refractivity contribution is -0.123. The van der Waals surface area contributed by atoms with Crippen LogP contribution in [-0.4, -0.2) is 18.0 Å². The number of para-hydroxylation sites is 2. The first-order valence-electron chi connectivity index (χ1n) is 7.30. The van der Waals surface area contributed by atoms with Gasteiger partial charge in [0.25, 0.3) is 5.91 Å². The Hall–Kier alpha value is -3.33. The van der Waals surface area contributed by atoms with Crippen molar-refractivity contribution in [2.45, 2.75) is 20.0 Å². The lowest BCUT2D eigenvalue weighted by Gasteiger charge is -2.15. The highest BCUT2D eigenvalue weighted by molar-refractivity contribution is 6.00. The van der Waals surface area contributed by atoms with Gasteiger partial charge in [-0.3, -0.25) is 4.79 Å². The van der Waals surface area contributed by atoms with Crippen LogP contribution in [0.4, 0.5) is 11.4 Å². The first-order valence-corrected chi connectivity index (χ1v) is 7.30. The number of hydrogen-bond acceptors (Lipinski definition) is 5. The molecular formula is C18H17N3O3. The van der Waals surface area contributed by atoms with Crippen molar-refractivity contribution >= 4 is 23.3 Å². The van der Waals surface area contributed by atoms with Crippen LogP contribution in [0.1, 0.15) is 28.4 Å². The zero-order chi connectivity index (χ0) is 17.7. The van der Waals surface area contributed by atoms with Gasteiger partial charge in [-0.25, -0.2) is 4.79 Å². The molecule has 24 heavy (non-hydrogen) atoms. The van der Waals surface area contributed by atoms with E-state index in [-0.39, 0.29) is 5.56 Å². The van der Waals surface area contributed by atoms with Crippen LogP contribution in [-0.2, 0) is 9.53 Å². The Morgan fingerprint density at radius 3 is 2.62 bits per heavy atom. The molecule has 0 bridgehead atoms. The molecule has 2 aromatic carbocycles. The van der Waals surface area contributed by atoms with Crippen molar-refractivity contribution in [1.82, 2.24) is 0 Å². The van der Waals surface area contributed by atoms with Gasteiger partial charge < -0.3 is 15.8 Å². The molecule has 3 N–H and O–H groups in total. The molecule has 0 fully saturated rings. The van der Waals surface area contributed by atoms with Crippen LogP contribution in [0.15, 0.2) is 42.5 Å². The van der Waals surface area contributed by atoms with E-state index in [1.807, 2.05) is 6.07 Å². The van der Waals surface area contributed by atoms with Gasteiger partial charge in [-0.1, -0.05) is 24.3 Å². The van der Waals surface area contributed by atoms with Gasteiger partial charge in [0, 0.05) is 5.69 Å². The number of benzene rings is 2. The van der Waals surface area contributed by atoms with Gasteiger partial charge >= 0.3 is 5.97 Å². The highest BCUT2D eigenvalue weighted by Gasteiger charge is 2.21. The minimum absolute atomic E-state index is 0.215. The van der Waals surface area contributed by atoms with Gasteiger partial charge in [-0.05, 0) is 37.6 Å². The maximum absolute atomic E-state index is 12.2. The number of anilines is 2. The highest BCUT2D eigenvalue weighted by atomic mass is 16.5. The molecule has 2 aromatic rings. The van der Waals surface area contributed by atoms with Crippen molar-refractivity contribution in [3.05, 3.63) is 59.2 Å². The third-order valence-electron chi connectivity index (χ3n) is 3.50. The fraction of sp³-hybridized carbons (Fsp3) is 0.167. The second-order valence-corrected chi connectivity index (χ2v) is 5.23. The second kappa shape index (κ2) is 7.29. The minimum Gasteiger partial charge on any atom is -0.449 e. The van der Waals surface area contributed by atoms with Crippen LogP contribution in [0.3, 0.4) is 0 Å². The van der Waals surface area contributed by atoms with E-state index in [0.29, 0.717) is 16.9 Å². The first-order chi connectivity index (χ1) is 11.4. The second-order valence-electron chi connectivity index (χ2n) is 5.23. The van der Waals surface area contributed by atoms with Crippen LogP contribution < -0.4 is 11.1 Å². The van der Waals surface area contributed by atoms with Crippen LogP contribution >= 0.6 is 0 Å². The molecule has 0 saturated carbocycles. The summed E-state index contributed by atoms with van der Waals surface area (Å²) in [5.41, 5.74) is 7.84. The van der Waals surface area contributed by atoms with Crippen molar-refractivity contribution in [1.29, 1.82) is 5.26 Å². The molecule has 0 heterocycles. The zero-order valence-electron chi connectivity index (χ0n) is 13.4. The van der Waals surface area contributed by atoms with Crippen LogP contribution in [0.5, 0.6) is 0 Å². The average Bonchev–Trinajstić information content (AvgIpc) is 2.57. The number of nitrogen functional groups attached to an aromatic ring is 1. The van der Waals surface area contributed by atoms with Gasteiger partial charge in [0.15, 0.2) is 6.10 Å². The normalized spacial score (nSPS) is 11.2. The number of esters is 1. The number of nitriles is 1. The molecular weight excluding hydrogens is 306 g/mol. The summed E-state index contributed by atoms with van der Waals surface area (Å²) in [5.74, 6) is -1.20. The predicted octanol–water partition coefficient (Wildman–Crippen LogP) is 2.63. The number of rotatable bonds is 4. The number of ether oxygens (including phenoxy) is 1. The molecule has 1 amide bonds. The third kappa shape index (κ3) is 3.70. The van der Waals surface area contributed by atoms with E-state index in [2.05, 4.69) is 5.32 Å². The molecule has 2 rings (SSSR count). The summed E-state index contributed by atoms with van der Waals surface area (Å²) in [7, 11) is 0. The Bertz CT molecular complexity index is 824. The maximum atomic E-state index is 12.2. The summed E-state index contributed by atoms with van der Waals surface area (Å²) < 4.78 is 5.17. The number of carbonyl (C=O) groups excluding carboxylic acids is 2. The summed E-state index contributed by atoms with van der Waals surface area (Å²) in [4.78, 5) is 24.3. The molecule has 0 aliphatic rings. The van der Waals surface area contributed by atoms with E-state index in [4.69, 9.17) is 15.7 Å². The number of nitrogens with one attached hydrogen (secondary N) is 1. The summed E-state index contributed by atoms with van der Waals surface area (Å²) in [6, 6.07) is 13.6. The van der Waals surface area contributed by atoms with Crippen molar-refractivity contribution in [3.63, 3.8) is 0 Å². The van der Waals surface area contributed by atoms with Crippen molar-refractivity contribution in [2.24, 2.45) is 0 Å². The molecule has 0 radical (unpaired) electrons. The van der Waals surface area contributed by atoms with Crippen molar-refractivity contribution in [3.8, 4) is 6.07 Å². The zero-order valence-corrected chi connectivity index (χ0v) is 13.4. The number of hydrogen-bond donors (Lipinski definition) is 2. The number of carbonyl (C=O) groups is 2. The van der Waals surface area contributed by atoms with Gasteiger partial charge in [0.05, 0.1) is 16.8 Å². The highest BCUT2D eigenvalue weighted by Crippen LogP contribution is 2.19. The molecule has 0 aliphatic heterocycles. The lowest BCUT2D eigenvalue weighted by Crippen LogP contribution is -2.30. The Morgan fingerprint density at radius 1 is 1.21 bits per heavy atom. The summed E-state index contributed by atoms with van der Waals surface area (Å²) in [6.07, 6.45) is -1.04. The molecule has 1 atom stereocenters. The number of nitrogens with zero attached hydrogens (tertiary/aromatic N) is 1. The van der Waals surface area contributed by atoms with E-state index in [1.165, 1.54) is 6.92 Å². The summed E-state index contributed by atoms with van der Waals surface area (Å²) in [6.45, 7) is 3.23. The predicted molar refractivity (Wildman–Crippen MR) is 90.3 cm³/mol. The molecule has 0 aliphatic carbocycles. The Morgan fingerprint density at radius 2 is 1.92 bits per heavy atom. The Balaban J connectivity index is 2.08. The van der Waals surface area contributed by atoms with Crippen LogP contribution in [0, 0.1) is 18.3 Å². The average molecular weight is 323 g/mol. The van der Waals surface area contributed by atoms with Crippen molar-refractivity contribution in [2.75, 3.05) is 11.1 Å². The van der Waals surface area contributed by atoms with Crippen molar-refractivity contribution < 1.29 is 14.3 Å². The van der Waals surface area contributed by atoms with E-state index < -0.39 is 18.0 Å². The van der Waals surface area contributed by atoms with Gasteiger partial charge in [-0.2, -0.15) is 5.26 Å². The standard InChI is InChI=1S/C18H17N3O3/c1-11-6-5-8-14(16(11)20)18(23)24-12(2)17(22)21-15-9-4-3-7-13(15)10-19/h3-9,12H,20H2,1-2H3,(H,21,22)/t12-/m0/s1. The van der Waals surface area contributed by atoms with Crippen LogP contribution in [0.25, 0.3) is 0 Å². The Kier molecular flexibility index (Phi) is 5.17. The smallest absolute Gasteiger partial charge is 0.341 e. The van der Waals surface area contributed by atoms with E-state index in [9.17, 15) is 9.59 Å². The molecule has 6 heteroatoms. The molecule has 0 aromatic heterocycles. The fourth-order valence-electron chi connectivity index (χ4n) is 2.06. The quantitative estimate of drug-likeness (QED) is 0.664. The van der Waals surface area contributed by atoms with E-state index in [0.717, 1.165) is 5.56 Å². The summed E-state index contributed by atoms with van der Waals surface area (Å²) >= 11 is 0. The number of nitrogens with two attached hydrogens (primary N) is 1. The summed E-state index contributed by atoms with van der Waals surface area (Å²) in [5, 5.41) is 11.6. The minimum atomic E-state index is -1.04. The molecule has 0 spiro atoms. The van der Waals surface area contributed by atoms with E-state index in [1.54, 1.807) is 49.4 Å². The van der Waals surface area contributed by atoms with Gasteiger partial charge in [0.1, 0.15) is 6.07 Å². The first kappa shape index (κ1) is 17.0. The molecule has 122 valence electrons.